The van der Waals surface area contributed by atoms with Crippen LogP contribution in [-0.4, -0.2) is 36.3 Å². The number of rotatable bonds is 4. The van der Waals surface area contributed by atoms with Crippen LogP contribution < -0.4 is 0 Å². The molecule has 0 aliphatic rings. The largest absolute Gasteiger partial charge is 0.309 e. The maximum absolute atomic E-state index is 11.8. The van der Waals surface area contributed by atoms with Crippen molar-refractivity contribution < 1.29 is 4.79 Å². The van der Waals surface area contributed by atoms with E-state index in [-0.39, 0.29) is 5.78 Å². The minimum absolute atomic E-state index is 0.134. The fourth-order valence-corrected chi connectivity index (χ4v) is 2.36. The first-order chi connectivity index (χ1) is 7.66. The van der Waals surface area contributed by atoms with Crippen molar-refractivity contribution in [2.45, 2.75) is 6.42 Å². The zero-order valence-corrected chi connectivity index (χ0v) is 10.3. The van der Waals surface area contributed by atoms with Crippen molar-refractivity contribution in [1.29, 1.82) is 0 Å². The number of aromatic nitrogens is 1. The van der Waals surface area contributed by atoms with Crippen LogP contribution in [0, 0.1) is 0 Å². The van der Waals surface area contributed by atoms with Gasteiger partial charge in [-0.2, -0.15) is 0 Å². The number of carbonyl (C=O) groups is 1. The molecule has 0 aliphatic heterocycles. The van der Waals surface area contributed by atoms with E-state index in [0.717, 1.165) is 16.8 Å². The van der Waals surface area contributed by atoms with Crippen molar-refractivity contribution in [3.8, 4) is 0 Å². The van der Waals surface area contributed by atoms with Gasteiger partial charge >= 0.3 is 0 Å². The summed E-state index contributed by atoms with van der Waals surface area (Å²) in [4.78, 5) is 18.2. The van der Waals surface area contributed by atoms with Crippen LogP contribution in [0.5, 0.6) is 0 Å². The van der Waals surface area contributed by atoms with E-state index in [2.05, 4.69) is 4.98 Å². The molecule has 0 fully saturated rings. The molecular weight excluding hydrogens is 220 g/mol. The molecule has 0 saturated heterocycles. The molecule has 16 heavy (non-hydrogen) atoms. The van der Waals surface area contributed by atoms with E-state index in [4.69, 9.17) is 0 Å². The molecular formula is C12H14N2OS. The maximum atomic E-state index is 11.8. The number of Topliss-reactive ketones (excluding diaryl/α,β-unsaturated/α-hetero) is 1. The highest BCUT2D eigenvalue weighted by molar-refractivity contribution is 7.20. The Hall–Kier alpha value is -1.26. The zero-order valence-electron chi connectivity index (χ0n) is 9.43. The van der Waals surface area contributed by atoms with Gasteiger partial charge < -0.3 is 4.90 Å². The van der Waals surface area contributed by atoms with Gasteiger partial charge in [0.1, 0.15) is 0 Å². The average molecular weight is 234 g/mol. The quantitative estimate of drug-likeness (QED) is 0.762. The standard InChI is InChI=1S/C12H14N2OS/c1-14(2)8-7-10(15)12-13-9-5-3-4-6-11(9)16-12/h3-6H,7-8H2,1-2H3. The van der Waals surface area contributed by atoms with Crippen LogP contribution in [0.25, 0.3) is 10.2 Å². The summed E-state index contributed by atoms with van der Waals surface area (Å²) < 4.78 is 1.08. The van der Waals surface area contributed by atoms with Crippen LogP contribution in [0.4, 0.5) is 0 Å². The Morgan fingerprint density at radius 3 is 2.81 bits per heavy atom. The first kappa shape index (κ1) is 11.2. The van der Waals surface area contributed by atoms with Crippen LogP contribution >= 0.6 is 11.3 Å². The third-order valence-corrected chi connectivity index (χ3v) is 3.40. The fourth-order valence-electron chi connectivity index (χ4n) is 1.42. The van der Waals surface area contributed by atoms with Gasteiger partial charge in [-0.25, -0.2) is 4.98 Å². The summed E-state index contributed by atoms with van der Waals surface area (Å²) in [6.07, 6.45) is 0.535. The highest BCUT2D eigenvalue weighted by Gasteiger charge is 2.11. The highest BCUT2D eigenvalue weighted by atomic mass is 32.1. The average Bonchev–Trinajstić information content (AvgIpc) is 2.69. The molecule has 1 heterocycles. The summed E-state index contributed by atoms with van der Waals surface area (Å²) in [6, 6.07) is 7.84. The lowest BCUT2D eigenvalue weighted by Gasteiger charge is -2.06. The molecule has 0 atom stereocenters. The topological polar surface area (TPSA) is 33.2 Å². The third-order valence-electron chi connectivity index (χ3n) is 2.32. The number of ketones is 1. The Balaban J connectivity index is 2.17. The summed E-state index contributed by atoms with van der Waals surface area (Å²) in [5, 5.41) is 0.628. The van der Waals surface area contributed by atoms with Gasteiger partial charge in [0.15, 0.2) is 10.8 Å². The Kier molecular flexibility index (Phi) is 3.31. The van der Waals surface area contributed by atoms with E-state index in [1.807, 2.05) is 43.3 Å². The predicted molar refractivity (Wildman–Crippen MR) is 67.1 cm³/mol. The number of fused-ring (bicyclic) bond motifs is 1. The minimum atomic E-state index is 0.134. The van der Waals surface area contributed by atoms with E-state index < -0.39 is 0 Å². The summed E-state index contributed by atoms with van der Waals surface area (Å²) in [5.74, 6) is 0.134. The lowest BCUT2D eigenvalue weighted by atomic mass is 10.3. The molecule has 0 spiro atoms. The number of thiazole rings is 1. The van der Waals surface area contributed by atoms with E-state index in [1.165, 1.54) is 11.3 Å². The molecule has 0 radical (unpaired) electrons. The zero-order chi connectivity index (χ0) is 11.5. The first-order valence-corrected chi connectivity index (χ1v) is 6.02. The van der Waals surface area contributed by atoms with Crippen molar-refractivity contribution in [3.63, 3.8) is 0 Å². The molecule has 0 N–H and O–H groups in total. The highest BCUT2D eigenvalue weighted by Crippen LogP contribution is 2.22. The molecule has 1 aromatic carbocycles. The summed E-state index contributed by atoms with van der Waals surface area (Å²) in [5.41, 5.74) is 0.917. The van der Waals surface area contributed by atoms with Gasteiger partial charge in [-0.15, -0.1) is 11.3 Å². The molecule has 3 nitrogen and oxygen atoms in total. The third kappa shape index (κ3) is 2.46. The Labute approximate surface area is 98.7 Å². The summed E-state index contributed by atoms with van der Waals surface area (Å²) in [7, 11) is 3.93. The van der Waals surface area contributed by atoms with E-state index in [1.54, 1.807) is 0 Å². The number of hydrogen-bond donors (Lipinski definition) is 0. The number of hydrogen-bond acceptors (Lipinski definition) is 4. The van der Waals surface area contributed by atoms with Crippen molar-refractivity contribution in [1.82, 2.24) is 9.88 Å². The van der Waals surface area contributed by atoms with Gasteiger partial charge in [0.05, 0.1) is 10.2 Å². The number of benzene rings is 1. The van der Waals surface area contributed by atoms with Gasteiger partial charge in [0.25, 0.3) is 0 Å². The van der Waals surface area contributed by atoms with Gasteiger partial charge in [-0.3, -0.25) is 4.79 Å². The van der Waals surface area contributed by atoms with Crippen molar-refractivity contribution in [3.05, 3.63) is 29.3 Å². The van der Waals surface area contributed by atoms with Crippen LogP contribution in [-0.2, 0) is 0 Å². The molecule has 0 bridgehead atoms. The summed E-state index contributed by atoms with van der Waals surface area (Å²) in [6.45, 7) is 0.773. The van der Waals surface area contributed by atoms with Gasteiger partial charge in [0, 0.05) is 13.0 Å². The number of nitrogens with zero attached hydrogens (tertiary/aromatic N) is 2. The van der Waals surface area contributed by atoms with E-state index >= 15 is 0 Å². The molecule has 84 valence electrons. The fraction of sp³-hybridized carbons (Fsp3) is 0.333. The molecule has 4 heteroatoms. The maximum Gasteiger partial charge on any atom is 0.192 e. The number of para-hydroxylation sites is 1. The molecule has 2 aromatic rings. The van der Waals surface area contributed by atoms with Crippen molar-refractivity contribution >= 4 is 27.3 Å². The molecule has 1 aromatic heterocycles. The van der Waals surface area contributed by atoms with E-state index in [0.29, 0.717) is 11.4 Å². The second-order valence-electron chi connectivity index (χ2n) is 3.96. The molecule has 0 unspecified atom stereocenters. The molecule has 2 rings (SSSR count). The second-order valence-corrected chi connectivity index (χ2v) is 4.99. The first-order valence-electron chi connectivity index (χ1n) is 5.20. The molecule has 0 amide bonds. The molecule has 0 aliphatic carbocycles. The van der Waals surface area contributed by atoms with Crippen LogP contribution in [0.1, 0.15) is 16.2 Å². The predicted octanol–water partition coefficient (Wildman–Crippen LogP) is 2.43. The Morgan fingerprint density at radius 2 is 2.12 bits per heavy atom. The van der Waals surface area contributed by atoms with Crippen LogP contribution in [0.15, 0.2) is 24.3 Å². The van der Waals surface area contributed by atoms with Gasteiger partial charge in [-0.05, 0) is 26.2 Å². The summed E-state index contributed by atoms with van der Waals surface area (Å²) >= 11 is 1.48. The van der Waals surface area contributed by atoms with Crippen molar-refractivity contribution in [2.24, 2.45) is 0 Å². The van der Waals surface area contributed by atoms with Crippen LogP contribution in [0.3, 0.4) is 0 Å². The van der Waals surface area contributed by atoms with Crippen LogP contribution in [0.2, 0.25) is 0 Å². The van der Waals surface area contributed by atoms with Crippen molar-refractivity contribution in [2.75, 3.05) is 20.6 Å². The van der Waals surface area contributed by atoms with Gasteiger partial charge in [0.2, 0.25) is 0 Å². The van der Waals surface area contributed by atoms with E-state index in [9.17, 15) is 4.79 Å². The SMILES string of the molecule is CN(C)CCC(=O)c1nc2ccccc2s1. The minimum Gasteiger partial charge on any atom is -0.309 e. The monoisotopic (exact) mass is 234 g/mol. The lowest BCUT2D eigenvalue weighted by Crippen LogP contribution is -2.16. The Bertz CT molecular complexity index is 471. The smallest absolute Gasteiger partial charge is 0.192 e. The number of carbonyl (C=O) groups excluding carboxylic acids is 1. The molecule has 0 saturated carbocycles. The lowest BCUT2D eigenvalue weighted by molar-refractivity contribution is 0.0972. The van der Waals surface area contributed by atoms with Gasteiger partial charge in [-0.1, -0.05) is 12.1 Å². The Morgan fingerprint density at radius 1 is 1.38 bits per heavy atom. The normalized spacial score (nSPS) is 11.2. The second kappa shape index (κ2) is 4.72.